The zero-order chi connectivity index (χ0) is 30.6. The third-order valence-corrected chi connectivity index (χ3v) is 7.84. The Bertz CT molecular complexity index is 1570. The number of anilines is 3. The van der Waals surface area contributed by atoms with Crippen LogP contribution in [0.2, 0.25) is 0 Å². The van der Waals surface area contributed by atoms with Gasteiger partial charge >= 0.3 is 6.03 Å². The van der Waals surface area contributed by atoms with Gasteiger partial charge in [0, 0.05) is 74.0 Å². The minimum absolute atomic E-state index is 0.199. The van der Waals surface area contributed by atoms with Gasteiger partial charge in [0.15, 0.2) is 0 Å². The number of piperidine rings is 1. The van der Waals surface area contributed by atoms with Gasteiger partial charge in [0.2, 0.25) is 0 Å². The molecule has 0 atom stereocenters. The number of nitrogens with zero attached hydrogens (tertiary/aromatic N) is 4. The van der Waals surface area contributed by atoms with Gasteiger partial charge in [-0.05, 0) is 81.1 Å². The van der Waals surface area contributed by atoms with E-state index in [1.165, 1.54) is 0 Å². The number of benzene rings is 2. The smallest absolute Gasteiger partial charge is 0.325 e. The molecule has 0 unspecified atom stereocenters. The van der Waals surface area contributed by atoms with Gasteiger partial charge < -0.3 is 25.7 Å². The average molecular weight is 585 g/mol. The van der Waals surface area contributed by atoms with Gasteiger partial charge in [0.25, 0.3) is 5.91 Å². The van der Waals surface area contributed by atoms with Crippen molar-refractivity contribution >= 4 is 40.0 Å². The van der Waals surface area contributed by atoms with Crippen LogP contribution in [0.3, 0.4) is 0 Å². The number of rotatable bonds is 9. The fraction of sp³-hybridized carbons (Fsp3) is 0.364. The van der Waals surface area contributed by atoms with Gasteiger partial charge in [-0.1, -0.05) is 12.1 Å². The molecule has 0 saturated carbocycles. The molecule has 0 aliphatic carbocycles. The molecule has 4 N–H and O–H groups in total. The summed E-state index contributed by atoms with van der Waals surface area (Å²) in [5.41, 5.74) is 3.26. The Morgan fingerprint density at radius 2 is 1.74 bits per heavy atom. The van der Waals surface area contributed by atoms with Gasteiger partial charge in [-0.25, -0.2) is 9.78 Å². The molecule has 2 aromatic heterocycles. The Hall–Kier alpha value is -4.25. The minimum atomic E-state index is -0.879. The van der Waals surface area contributed by atoms with Gasteiger partial charge in [-0.3, -0.25) is 14.3 Å². The normalized spacial score (nSPS) is 14.5. The molecule has 1 aliphatic heterocycles. The van der Waals surface area contributed by atoms with Crippen LogP contribution in [-0.4, -0.2) is 75.0 Å². The summed E-state index contributed by atoms with van der Waals surface area (Å²) in [6.45, 7) is 6.60. The van der Waals surface area contributed by atoms with E-state index < -0.39 is 5.60 Å². The quantitative estimate of drug-likeness (QED) is 0.224. The van der Waals surface area contributed by atoms with Crippen molar-refractivity contribution in [3.8, 4) is 0 Å². The number of aliphatic hydroxyl groups excluding tert-OH is 1. The Kier molecular flexibility index (Phi) is 9.10. The molecule has 10 nitrogen and oxygen atoms in total. The van der Waals surface area contributed by atoms with Crippen molar-refractivity contribution in [1.29, 1.82) is 0 Å². The van der Waals surface area contributed by atoms with E-state index in [1.807, 2.05) is 60.7 Å². The predicted octanol–water partition coefficient (Wildman–Crippen LogP) is 4.73. The number of carbonyl (C=O) groups is 2. The van der Waals surface area contributed by atoms with Crippen molar-refractivity contribution < 1.29 is 19.8 Å². The minimum Gasteiger partial charge on any atom is -0.393 e. The lowest BCUT2D eigenvalue weighted by atomic mass is 10.0. The molecular formula is C33H40N6O4. The second-order valence-electron chi connectivity index (χ2n) is 11.8. The number of hydrogen-bond acceptors (Lipinski definition) is 7. The number of likely N-dealkylation sites (tertiary alicyclic amines) is 1. The molecule has 5 rings (SSSR count). The van der Waals surface area contributed by atoms with Crippen molar-refractivity contribution in [2.24, 2.45) is 0 Å². The summed E-state index contributed by atoms with van der Waals surface area (Å²) in [4.78, 5) is 34.1. The van der Waals surface area contributed by atoms with E-state index in [0.717, 1.165) is 60.3 Å². The monoisotopic (exact) mass is 584 g/mol. The van der Waals surface area contributed by atoms with Crippen LogP contribution in [0.15, 0.2) is 73.1 Å². The molecule has 0 radical (unpaired) electrons. The summed E-state index contributed by atoms with van der Waals surface area (Å²) in [5, 5.41) is 26.7. The third-order valence-electron chi connectivity index (χ3n) is 7.84. The summed E-state index contributed by atoms with van der Waals surface area (Å²) in [5.74, 6) is 0.163. The van der Waals surface area contributed by atoms with Crippen LogP contribution in [0.5, 0.6) is 0 Å². The second kappa shape index (κ2) is 12.9. The van der Waals surface area contributed by atoms with Crippen LogP contribution < -0.4 is 15.5 Å². The Labute approximate surface area is 252 Å². The standard InChI is InChI=1S/C33H40N6O4/c1-33(2,43)14-19-38(26-8-9-29-25(20-26)11-18-39(29)32(42)34-3)27-10-15-35-30(21-27)36-31(41)24-6-4-23(5-7-24)22-37-16-12-28(40)13-17-37/h4-11,15,18,20-21,28,40,43H,12-14,16-17,19,22H2,1-3H3,(H,34,42)(H,35,36,41). The third kappa shape index (κ3) is 7.59. The Balaban J connectivity index is 1.33. The number of aliphatic hydroxyl groups is 2. The van der Waals surface area contributed by atoms with E-state index in [-0.39, 0.29) is 18.0 Å². The topological polar surface area (TPSA) is 123 Å². The van der Waals surface area contributed by atoms with Gasteiger partial charge in [0.05, 0.1) is 17.2 Å². The molecule has 1 fully saturated rings. The zero-order valence-electron chi connectivity index (χ0n) is 25.0. The maximum Gasteiger partial charge on any atom is 0.325 e. The summed E-state index contributed by atoms with van der Waals surface area (Å²) in [6.07, 6.45) is 5.28. The van der Waals surface area contributed by atoms with Gasteiger partial charge in [0.1, 0.15) is 5.82 Å². The number of carbonyl (C=O) groups excluding carboxylic acids is 2. The lowest BCUT2D eigenvalue weighted by Gasteiger charge is -2.29. The second-order valence-corrected chi connectivity index (χ2v) is 11.8. The average Bonchev–Trinajstić information content (AvgIpc) is 3.41. The largest absolute Gasteiger partial charge is 0.393 e. The first kappa shape index (κ1) is 30.2. The molecule has 2 amide bonds. The maximum atomic E-state index is 13.1. The molecule has 43 heavy (non-hydrogen) atoms. The number of pyridine rings is 1. The Morgan fingerprint density at radius 1 is 1.02 bits per heavy atom. The van der Waals surface area contributed by atoms with E-state index in [0.29, 0.717) is 24.3 Å². The number of aromatic nitrogens is 2. The zero-order valence-corrected chi connectivity index (χ0v) is 25.0. The van der Waals surface area contributed by atoms with Crippen LogP contribution in [0, 0.1) is 0 Å². The Morgan fingerprint density at radius 3 is 2.44 bits per heavy atom. The van der Waals surface area contributed by atoms with Crippen LogP contribution in [0.25, 0.3) is 10.9 Å². The fourth-order valence-electron chi connectivity index (χ4n) is 5.33. The summed E-state index contributed by atoms with van der Waals surface area (Å²) in [7, 11) is 1.60. The van der Waals surface area contributed by atoms with Crippen molar-refractivity contribution in [1.82, 2.24) is 19.8 Å². The van der Waals surface area contributed by atoms with Crippen LogP contribution in [-0.2, 0) is 6.54 Å². The van der Waals surface area contributed by atoms with Crippen molar-refractivity contribution in [2.45, 2.75) is 51.4 Å². The lowest BCUT2D eigenvalue weighted by Crippen LogP contribution is -2.35. The molecular weight excluding hydrogens is 544 g/mol. The predicted molar refractivity (Wildman–Crippen MR) is 169 cm³/mol. The first-order valence-corrected chi connectivity index (χ1v) is 14.7. The fourth-order valence-corrected chi connectivity index (χ4v) is 5.33. The molecule has 2 aromatic carbocycles. The van der Waals surface area contributed by atoms with Crippen molar-refractivity contribution in [2.75, 3.05) is 36.9 Å². The van der Waals surface area contributed by atoms with Gasteiger partial charge in [-0.15, -0.1) is 0 Å². The van der Waals surface area contributed by atoms with Crippen LogP contribution in [0.1, 0.15) is 49.0 Å². The number of nitrogens with one attached hydrogen (secondary N) is 2. The summed E-state index contributed by atoms with van der Waals surface area (Å²) in [6, 6.07) is 18.8. The number of fused-ring (bicyclic) bond motifs is 1. The highest BCUT2D eigenvalue weighted by molar-refractivity contribution is 6.04. The molecule has 0 bridgehead atoms. The SMILES string of the molecule is CNC(=O)n1ccc2cc(N(CCC(C)(C)O)c3ccnc(NC(=O)c4ccc(CN5CCC(O)CC5)cc4)c3)ccc21. The number of hydrogen-bond donors (Lipinski definition) is 4. The molecule has 0 spiro atoms. The van der Waals surface area contributed by atoms with E-state index in [2.05, 4.69) is 25.4 Å². The maximum absolute atomic E-state index is 13.1. The van der Waals surface area contributed by atoms with Crippen LogP contribution in [0.4, 0.5) is 22.0 Å². The molecule has 1 saturated heterocycles. The van der Waals surface area contributed by atoms with E-state index in [4.69, 9.17) is 0 Å². The molecule has 3 heterocycles. The van der Waals surface area contributed by atoms with Crippen molar-refractivity contribution in [3.63, 3.8) is 0 Å². The van der Waals surface area contributed by atoms with E-state index >= 15 is 0 Å². The van der Waals surface area contributed by atoms with E-state index in [1.54, 1.807) is 37.9 Å². The van der Waals surface area contributed by atoms with Gasteiger partial charge in [-0.2, -0.15) is 0 Å². The molecule has 10 heteroatoms. The number of amides is 2. The summed E-state index contributed by atoms with van der Waals surface area (Å²) < 4.78 is 1.56. The highest BCUT2D eigenvalue weighted by atomic mass is 16.3. The lowest BCUT2D eigenvalue weighted by molar-refractivity contribution is 0.0737. The van der Waals surface area contributed by atoms with E-state index in [9.17, 15) is 19.8 Å². The highest BCUT2D eigenvalue weighted by Gasteiger charge is 2.20. The highest BCUT2D eigenvalue weighted by Crippen LogP contribution is 2.31. The molecule has 1 aliphatic rings. The van der Waals surface area contributed by atoms with Crippen LogP contribution >= 0.6 is 0 Å². The first-order chi connectivity index (χ1) is 20.6. The molecule has 226 valence electrons. The molecule has 4 aromatic rings. The summed E-state index contributed by atoms with van der Waals surface area (Å²) >= 11 is 0. The van der Waals surface area contributed by atoms with Crippen molar-refractivity contribution in [3.05, 3.63) is 84.2 Å². The first-order valence-electron chi connectivity index (χ1n) is 14.7.